The molecule has 0 saturated carbocycles. The fourth-order valence-electron chi connectivity index (χ4n) is 4.33. The molecule has 2 aliphatic rings. The average molecular weight is 413 g/mol. The Hall–Kier alpha value is -4.48. The van der Waals surface area contributed by atoms with Crippen molar-refractivity contribution in [2.75, 3.05) is 0 Å². The lowest BCUT2D eigenvalue weighted by Gasteiger charge is -2.23. The van der Waals surface area contributed by atoms with Crippen molar-refractivity contribution in [3.63, 3.8) is 0 Å². The summed E-state index contributed by atoms with van der Waals surface area (Å²) in [5.74, 6) is -0.283. The maximum Gasteiger partial charge on any atom is 0.179 e. The average Bonchev–Trinajstić information content (AvgIpc) is 3.35. The van der Waals surface area contributed by atoms with Crippen LogP contribution in [0.4, 0.5) is 0 Å². The van der Waals surface area contributed by atoms with E-state index in [2.05, 4.69) is 22.5 Å². The quantitative estimate of drug-likeness (QED) is 0.580. The Labute approximate surface area is 186 Å². The number of fused-ring (bicyclic) bond motifs is 1. The third-order valence-corrected chi connectivity index (χ3v) is 6.05. The predicted octanol–water partition coefficient (Wildman–Crippen LogP) is 5.34. The van der Waals surface area contributed by atoms with E-state index < -0.39 is 5.41 Å². The third-order valence-electron chi connectivity index (χ3n) is 6.05. The van der Waals surface area contributed by atoms with Gasteiger partial charge in [0, 0.05) is 11.5 Å². The number of benzene rings is 2. The fraction of sp³-hybridized carbons (Fsp3) is 0.111. The Kier molecular flexibility index (Phi) is 4.66. The molecule has 0 bridgehead atoms. The number of aromatic nitrogens is 3. The smallest absolute Gasteiger partial charge is 0.179 e. The molecule has 1 heterocycles. The number of aryl methyl sites for hydroxylation is 1. The van der Waals surface area contributed by atoms with Crippen molar-refractivity contribution < 1.29 is 0 Å². The summed E-state index contributed by atoms with van der Waals surface area (Å²) >= 11 is 0. The van der Waals surface area contributed by atoms with Gasteiger partial charge < -0.3 is 0 Å². The van der Waals surface area contributed by atoms with E-state index in [1.165, 1.54) is 5.56 Å². The molecule has 2 aliphatic carbocycles. The highest BCUT2D eigenvalue weighted by atomic mass is 15.4. The van der Waals surface area contributed by atoms with Crippen molar-refractivity contribution in [2.45, 2.75) is 6.92 Å². The summed E-state index contributed by atoms with van der Waals surface area (Å²) in [4.78, 5) is 0. The number of hydrogen-bond donors (Lipinski definition) is 0. The zero-order chi connectivity index (χ0) is 22.1. The number of rotatable bonds is 3. The largest absolute Gasteiger partial charge is 0.213 e. The van der Waals surface area contributed by atoms with Crippen LogP contribution in [0.5, 0.6) is 0 Å². The zero-order valence-corrected chi connectivity index (χ0v) is 17.5. The van der Waals surface area contributed by atoms with Gasteiger partial charge in [0.25, 0.3) is 0 Å². The highest BCUT2D eigenvalue weighted by Gasteiger charge is 2.48. The molecule has 3 aromatic rings. The Balaban J connectivity index is 1.54. The van der Waals surface area contributed by atoms with E-state index in [-0.39, 0.29) is 5.92 Å². The summed E-state index contributed by atoms with van der Waals surface area (Å²) in [6.07, 6.45) is 13.4. The van der Waals surface area contributed by atoms with Crippen LogP contribution in [0.3, 0.4) is 0 Å². The van der Waals surface area contributed by atoms with E-state index in [0.29, 0.717) is 0 Å². The Morgan fingerprint density at radius 3 is 2.34 bits per heavy atom. The standard InChI is InChI=1S/C27H19N5/c1-19-7-13-23(14-8-19)32-26(16-30-31-32)21-11-9-20(10-12-21)25-15-22-5-3-2-4-6-24(22)27(25,17-28)18-29/h2-16,24H,1H3. The maximum absolute atomic E-state index is 10.1. The summed E-state index contributed by atoms with van der Waals surface area (Å²) in [6.45, 7) is 2.05. The number of nitriles is 2. The van der Waals surface area contributed by atoms with Crippen LogP contribution in [-0.4, -0.2) is 15.0 Å². The molecule has 0 fully saturated rings. The summed E-state index contributed by atoms with van der Waals surface area (Å²) in [6, 6.07) is 20.6. The molecule has 0 aliphatic heterocycles. The van der Waals surface area contributed by atoms with Gasteiger partial charge in [0.2, 0.25) is 0 Å². The van der Waals surface area contributed by atoms with E-state index in [4.69, 9.17) is 0 Å². The molecule has 1 atom stereocenters. The number of nitrogens with zero attached hydrogens (tertiary/aromatic N) is 5. The molecule has 2 aromatic carbocycles. The monoisotopic (exact) mass is 413 g/mol. The van der Waals surface area contributed by atoms with Crippen LogP contribution >= 0.6 is 0 Å². The summed E-state index contributed by atoms with van der Waals surface area (Å²) < 4.78 is 1.80. The van der Waals surface area contributed by atoms with E-state index in [1.54, 1.807) is 10.9 Å². The molecule has 0 spiro atoms. The second kappa shape index (κ2) is 7.65. The van der Waals surface area contributed by atoms with Gasteiger partial charge in [-0.05, 0) is 35.8 Å². The van der Waals surface area contributed by atoms with Crippen LogP contribution in [0, 0.1) is 40.9 Å². The SMILES string of the molecule is Cc1ccc(-n2nncc2-c2ccc(C3=CC4=CC=CC=CC4C3(C#N)C#N)cc2)cc1. The predicted molar refractivity (Wildman–Crippen MR) is 123 cm³/mol. The minimum Gasteiger partial charge on any atom is -0.213 e. The zero-order valence-electron chi connectivity index (χ0n) is 17.5. The van der Waals surface area contributed by atoms with Gasteiger partial charge in [-0.25, -0.2) is 4.68 Å². The molecule has 0 radical (unpaired) electrons. The molecule has 152 valence electrons. The summed E-state index contributed by atoms with van der Waals surface area (Å²) in [7, 11) is 0. The van der Waals surface area contributed by atoms with Crippen LogP contribution < -0.4 is 0 Å². The summed E-state index contributed by atoms with van der Waals surface area (Å²) in [5.41, 5.74) is 5.25. The second-order valence-electron chi connectivity index (χ2n) is 7.95. The van der Waals surface area contributed by atoms with Crippen molar-refractivity contribution in [1.82, 2.24) is 15.0 Å². The lowest BCUT2D eigenvalue weighted by atomic mass is 9.73. The van der Waals surface area contributed by atoms with Crippen LogP contribution in [0.15, 0.2) is 96.8 Å². The van der Waals surface area contributed by atoms with Crippen molar-refractivity contribution >= 4 is 5.57 Å². The van der Waals surface area contributed by atoms with Gasteiger partial charge in [-0.3, -0.25) is 0 Å². The third kappa shape index (κ3) is 3.00. The Morgan fingerprint density at radius 2 is 1.62 bits per heavy atom. The van der Waals surface area contributed by atoms with Crippen LogP contribution in [0.2, 0.25) is 0 Å². The van der Waals surface area contributed by atoms with Crippen molar-refractivity contribution in [1.29, 1.82) is 10.5 Å². The lowest BCUT2D eigenvalue weighted by Crippen LogP contribution is -2.24. The molecule has 1 aromatic heterocycles. The fourth-order valence-corrected chi connectivity index (χ4v) is 4.33. The molecule has 0 N–H and O–H groups in total. The van der Waals surface area contributed by atoms with Crippen LogP contribution in [0.25, 0.3) is 22.5 Å². The first kappa shape index (κ1) is 19.5. The van der Waals surface area contributed by atoms with Crippen molar-refractivity contribution in [3.8, 4) is 29.1 Å². The lowest BCUT2D eigenvalue weighted by molar-refractivity contribution is 0.578. The first-order valence-corrected chi connectivity index (χ1v) is 10.3. The molecule has 0 amide bonds. The second-order valence-corrected chi connectivity index (χ2v) is 7.95. The number of allylic oxidation sites excluding steroid dienone is 8. The molecular formula is C27H19N5. The molecule has 0 saturated heterocycles. The van der Waals surface area contributed by atoms with Crippen LogP contribution in [-0.2, 0) is 0 Å². The van der Waals surface area contributed by atoms with E-state index in [1.807, 2.05) is 91.9 Å². The first-order valence-electron chi connectivity index (χ1n) is 10.3. The molecule has 5 rings (SSSR count). The van der Waals surface area contributed by atoms with E-state index >= 15 is 0 Å². The highest BCUT2D eigenvalue weighted by molar-refractivity contribution is 5.84. The van der Waals surface area contributed by atoms with Gasteiger partial charge in [0.15, 0.2) is 5.41 Å². The van der Waals surface area contributed by atoms with Gasteiger partial charge in [-0.15, -0.1) is 5.10 Å². The molecule has 1 unspecified atom stereocenters. The van der Waals surface area contributed by atoms with Crippen molar-refractivity contribution in [3.05, 3.63) is 108 Å². The van der Waals surface area contributed by atoms with Crippen molar-refractivity contribution in [2.24, 2.45) is 11.3 Å². The molecule has 5 nitrogen and oxygen atoms in total. The normalized spacial score (nSPS) is 18.2. The first-order chi connectivity index (χ1) is 15.7. The number of hydrogen-bond acceptors (Lipinski definition) is 4. The highest BCUT2D eigenvalue weighted by Crippen LogP contribution is 2.51. The van der Waals surface area contributed by atoms with E-state index in [0.717, 1.165) is 33.7 Å². The molecular weight excluding hydrogens is 394 g/mol. The molecule has 32 heavy (non-hydrogen) atoms. The molecule has 5 heteroatoms. The Morgan fingerprint density at radius 1 is 0.906 bits per heavy atom. The topological polar surface area (TPSA) is 78.3 Å². The minimum absolute atomic E-state index is 0.283. The van der Waals surface area contributed by atoms with Gasteiger partial charge in [-0.2, -0.15) is 10.5 Å². The van der Waals surface area contributed by atoms with Gasteiger partial charge in [0.05, 0.1) is 29.7 Å². The summed E-state index contributed by atoms with van der Waals surface area (Å²) in [5, 5.41) is 28.4. The maximum atomic E-state index is 10.1. The van der Waals surface area contributed by atoms with Gasteiger partial charge in [-0.1, -0.05) is 83.6 Å². The van der Waals surface area contributed by atoms with Crippen LogP contribution in [0.1, 0.15) is 11.1 Å². The minimum atomic E-state index is -1.25. The van der Waals surface area contributed by atoms with Gasteiger partial charge in [0.1, 0.15) is 0 Å². The van der Waals surface area contributed by atoms with E-state index in [9.17, 15) is 10.5 Å². The Bertz CT molecular complexity index is 1370. The van der Waals surface area contributed by atoms with Gasteiger partial charge >= 0.3 is 0 Å².